The number of nitrogens with one attached hydrogen (secondary N) is 1. The maximum absolute atomic E-state index is 11.0. The highest BCUT2D eigenvalue weighted by Gasteiger charge is 2.58. The fraction of sp³-hybridized carbons (Fsp3) is 0.591. The highest BCUT2D eigenvalue weighted by Crippen LogP contribution is 2.62. The monoisotopic (exact) mass is 351 g/mol. The molecule has 1 aromatic heterocycles. The van der Waals surface area contributed by atoms with Crippen molar-refractivity contribution in [2.75, 3.05) is 0 Å². The van der Waals surface area contributed by atoms with Gasteiger partial charge in [-0.15, -0.1) is 0 Å². The molecule has 1 aromatic carbocycles. The average Bonchev–Trinajstić information content (AvgIpc) is 3.07. The van der Waals surface area contributed by atoms with Gasteiger partial charge in [0, 0.05) is 18.8 Å². The van der Waals surface area contributed by atoms with Crippen LogP contribution >= 0.6 is 0 Å². The predicted octanol–water partition coefficient (Wildman–Crippen LogP) is 3.68. The van der Waals surface area contributed by atoms with E-state index in [4.69, 9.17) is 0 Å². The van der Waals surface area contributed by atoms with Crippen molar-refractivity contribution in [3.8, 4) is 5.69 Å². The molecule has 0 spiro atoms. The van der Waals surface area contributed by atoms with Crippen LogP contribution in [0.2, 0.25) is 0 Å². The molecule has 138 valence electrons. The molecule has 2 N–H and O–H groups in total. The van der Waals surface area contributed by atoms with Crippen LogP contribution in [-0.4, -0.2) is 26.5 Å². The van der Waals surface area contributed by atoms with Crippen LogP contribution in [0, 0.1) is 17.3 Å². The standard InChI is InChI=1S/C22H29N3O/c1-16(21-10-17-9-18(11-21)13-22(26,12-17)15-21)23-14-20-7-8-24-25(20)19-5-3-2-4-6-19/h2-8,16-18,23,26H,9-15H2,1H3. The van der Waals surface area contributed by atoms with Crippen molar-refractivity contribution < 1.29 is 5.11 Å². The Balaban J connectivity index is 1.32. The highest BCUT2D eigenvalue weighted by atomic mass is 16.3. The quantitative estimate of drug-likeness (QED) is 0.864. The molecule has 26 heavy (non-hydrogen) atoms. The Hall–Kier alpha value is -1.65. The Kier molecular flexibility index (Phi) is 3.77. The van der Waals surface area contributed by atoms with Gasteiger partial charge in [-0.25, -0.2) is 4.68 Å². The molecule has 3 atom stereocenters. The average molecular weight is 351 g/mol. The molecule has 4 heteroatoms. The third-order valence-corrected chi connectivity index (χ3v) is 7.31. The number of aromatic nitrogens is 2. The molecule has 0 saturated heterocycles. The molecular formula is C22H29N3O. The Morgan fingerprint density at radius 3 is 2.58 bits per heavy atom. The number of aliphatic hydroxyl groups is 1. The summed E-state index contributed by atoms with van der Waals surface area (Å²) >= 11 is 0. The number of rotatable bonds is 5. The van der Waals surface area contributed by atoms with Gasteiger partial charge in [-0.05, 0) is 80.9 Å². The van der Waals surface area contributed by atoms with Crippen molar-refractivity contribution in [2.45, 2.75) is 63.6 Å². The van der Waals surface area contributed by atoms with Gasteiger partial charge in [-0.1, -0.05) is 18.2 Å². The van der Waals surface area contributed by atoms with Crippen molar-refractivity contribution in [3.63, 3.8) is 0 Å². The summed E-state index contributed by atoms with van der Waals surface area (Å²) in [4.78, 5) is 0. The van der Waals surface area contributed by atoms with Crippen LogP contribution in [0.3, 0.4) is 0 Å². The minimum absolute atomic E-state index is 0.274. The van der Waals surface area contributed by atoms with Gasteiger partial charge >= 0.3 is 0 Å². The van der Waals surface area contributed by atoms with E-state index >= 15 is 0 Å². The van der Waals surface area contributed by atoms with E-state index in [0.717, 1.165) is 43.3 Å². The van der Waals surface area contributed by atoms with Gasteiger partial charge in [0.05, 0.1) is 17.0 Å². The molecule has 4 nitrogen and oxygen atoms in total. The number of para-hydroxylation sites is 1. The van der Waals surface area contributed by atoms with E-state index in [1.165, 1.54) is 25.0 Å². The summed E-state index contributed by atoms with van der Waals surface area (Å²) in [6.07, 6.45) is 8.87. The summed E-state index contributed by atoms with van der Waals surface area (Å²) in [7, 11) is 0. The van der Waals surface area contributed by atoms with E-state index in [1.54, 1.807) is 0 Å². The van der Waals surface area contributed by atoms with Gasteiger partial charge in [0.25, 0.3) is 0 Å². The fourth-order valence-electron chi connectivity index (χ4n) is 6.53. The third-order valence-electron chi connectivity index (χ3n) is 7.31. The maximum atomic E-state index is 11.0. The number of benzene rings is 1. The molecule has 1 heterocycles. The third kappa shape index (κ3) is 2.71. The van der Waals surface area contributed by atoms with Gasteiger partial charge in [0.1, 0.15) is 0 Å². The van der Waals surface area contributed by atoms with Crippen LogP contribution in [0.25, 0.3) is 5.69 Å². The molecule has 4 fully saturated rings. The molecule has 4 bridgehead atoms. The summed E-state index contributed by atoms with van der Waals surface area (Å²) in [5, 5.41) is 19.3. The summed E-state index contributed by atoms with van der Waals surface area (Å²) < 4.78 is 2.02. The SMILES string of the molecule is CC(NCc1ccnn1-c1ccccc1)C12CC3CC(CC(O)(C3)C1)C2. The van der Waals surface area contributed by atoms with Crippen LogP contribution < -0.4 is 5.32 Å². The highest BCUT2D eigenvalue weighted by molar-refractivity contribution is 5.32. The molecule has 0 amide bonds. The zero-order chi connectivity index (χ0) is 17.8. The first-order valence-electron chi connectivity index (χ1n) is 10.1. The van der Waals surface area contributed by atoms with Crippen LogP contribution in [-0.2, 0) is 6.54 Å². The minimum atomic E-state index is -0.383. The fourth-order valence-corrected chi connectivity index (χ4v) is 6.53. The number of nitrogens with zero attached hydrogens (tertiary/aromatic N) is 2. The zero-order valence-corrected chi connectivity index (χ0v) is 15.6. The normalized spacial score (nSPS) is 36.4. The smallest absolute Gasteiger partial charge is 0.0659 e. The summed E-state index contributed by atoms with van der Waals surface area (Å²) in [5.41, 5.74) is 2.18. The van der Waals surface area contributed by atoms with Crippen LogP contribution in [0.4, 0.5) is 0 Å². The lowest BCUT2D eigenvalue weighted by Gasteiger charge is -2.62. The van der Waals surface area contributed by atoms with Crippen molar-refractivity contribution in [1.82, 2.24) is 15.1 Å². The van der Waals surface area contributed by atoms with Crippen molar-refractivity contribution in [2.24, 2.45) is 17.3 Å². The Labute approximate surface area is 155 Å². The van der Waals surface area contributed by atoms with Crippen LogP contribution in [0.5, 0.6) is 0 Å². The first kappa shape index (κ1) is 16.5. The summed E-state index contributed by atoms with van der Waals surface area (Å²) in [6.45, 7) is 3.14. The lowest BCUT2D eigenvalue weighted by molar-refractivity contribution is -0.172. The molecule has 4 aliphatic rings. The molecule has 6 rings (SSSR count). The molecule has 2 aromatic rings. The van der Waals surface area contributed by atoms with Gasteiger partial charge in [-0.3, -0.25) is 0 Å². The molecule has 0 radical (unpaired) electrons. The van der Waals surface area contributed by atoms with Gasteiger partial charge in [-0.2, -0.15) is 5.10 Å². The maximum Gasteiger partial charge on any atom is 0.0659 e. The molecule has 3 unspecified atom stereocenters. The second-order valence-electron chi connectivity index (χ2n) is 9.22. The van der Waals surface area contributed by atoms with Crippen LogP contribution in [0.1, 0.15) is 51.1 Å². The molecule has 0 aliphatic heterocycles. The lowest BCUT2D eigenvalue weighted by Crippen LogP contribution is -2.61. The Morgan fingerprint density at radius 2 is 1.88 bits per heavy atom. The first-order chi connectivity index (χ1) is 12.6. The van der Waals surface area contributed by atoms with Crippen molar-refractivity contribution in [1.29, 1.82) is 0 Å². The largest absolute Gasteiger partial charge is 0.390 e. The molecule has 4 aliphatic carbocycles. The lowest BCUT2D eigenvalue weighted by atomic mass is 9.46. The van der Waals surface area contributed by atoms with E-state index in [2.05, 4.69) is 35.5 Å². The van der Waals surface area contributed by atoms with E-state index in [1.807, 2.05) is 29.1 Å². The van der Waals surface area contributed by atoms with Gasteiger partial charge in [0.15, 0.2) is 0 Å². The van der Waals surface area contributed by atoms with E-state index in [-0.39, 0.29) is 11.0 Å². The van der Waals surface area contributed by atoms with E-state index in [9.17, 15) is 5.11 Å². The van der Waals surface area contributed by atoms with Gasteiger partial charge in [0.2, 0.25) is 0 Å². The molecular weight excluding hydrogens is 322 g/mol. The predicted molar refractivity (Wildman–Crippen MR) is 102 cm³/mol. The molecule has 4 saturated carbocycles. The minimum Gasteiger partial charge on any atom is -0.390 e. The van der Waals surface area contributed by atoms with Gasteiger partial charge < -0.3 is 10.4 Å². The van der Waals surface area contributed by atoms with Crippen molar-refractivity contribution >= 4 is 0 Å². The van der Waals surface area contributed by atoms with Crippen molar-refractivity contribution in [3.05, 3.63) is 48.3 Å². The van der Waals surface area contributed by atoms with Crippen LogP contribution in [0.15, 0.2) is 42.6 Å². The van der Waals surface area contributed by atoms with E-state index < -0.39 is 0 Å². The Bertz CT molecular complexity index is 770. The number of hydrogen-bond acceptors (Lipinski definition) is 3. The number of hydrogen-bond donors (Lipinski definition) is 2. The van der Waals surface area contributed by atoms with E-state index in [0.29, 0.717) is 6.04 Å². The summed E-state index contributed by atoms with van der Waals surface area (Å²) in [6, 6.07) is 12.8. The topological polar surface area (TPSA) is 50.1 Å². The zero-order valence-electron chi connectivity index (χ0n) is 15.6. The first-order valence-corrected chi connectivity index (χ1v) is 10.1. The second kappa shape index (κ2) is 5.93. The second-order valence-corrected chi connectivity index (χ2v) is 9.22. The summed E-state index contributed by atoms with van der Waals surface area (Å²) in [5.74, 6) is 1.47. The Morgan fingerprint density at radius 1 is 1.15 bits per heavy atom.